The fourth-order valence-electron chi connectivity index (χ4n) is 5.49. The van der Waals surface area contributed by atoms with Crippen LogP contribution in [0.2, 0.25) is 0 Å². The molecule has 2 aliphatic heterocycles. The predicted molar refractivity (Wildman–Crippen MR) is 131 cm³/mol. The van der Waals surface area contributed by atoms with E-state index >= 15 is 0 Å². The molecular formula is C28H28N2O5. The molecule has 0 aromatic heterocycles. The fourth-order valence-corrected chi connectivity index (χ4v) is 5.49. The largest absolute Gasteiger partial charge is 0.426 e. The Kier molecular flexibility index (Phi) is 5.79. The first-order valence-corrected chi connectivity index (χ1v) is 12.0. The lowest BCUT2D eigenvalue weighted by Gasteiger charge is -2.21. The van der Waals surface area contributed by atoms with Gasteiger partial charge in [0, 0.05) is 24.7 Å². The number of nitrogens with zero attached hydrogens (tertiary/aromatic N) is 2. The number of hydrogen-bond donors (Lipinski definition) is 0. The van der Waals surface area contributed by atoms with E-state index < -0.39 is 11.9 Å². The molecule has 3 amide bonds. The molecule has 2 aromatic rings. The number of rotatable bonds is 4. The number of esters is 1. The smallest absolute Gasteiger partial charge is 0.316 e. The Morgan fingerprint density at radius 3 is 2.34 bits per heavy atom. The van der Waals surface area contributed by atoms with E-state index in [4.69, 9.17) is 4.74 Å². The summed E-state index contributed by atoms with van der Waals surface area (Å²) in [6.07, 6.45) is 3.26. The maximum absolute atomic E-state index is 13.0. The van der Waals surface area contributed by atoms with Crippen molar-refractivity contribution in [3.8, 4) is 5.75 Å². The lowest BCUT2D eigenvalue weighted by molar-refractivity contribution is -0.139. The Hall–Kier alpha value is -3.74. The molecule has 0 spiro atoms. The van der Waals surface area contributed by atoms with Crippen LogP contribution in [-0.4, -0.2) is 30.2 Å². The summed E-state index contributed by atoms with van der Waals surface area (Å²) in [7, 11) is 0. The molecule has 1 aliphatic carbocycles. The van der Waals surface area contributed by atoms with Crippen LogP contribution in [0, 0.1) is 31.6 Å². The highest BCUT2D eigenvalue weighted by Gasteiger charge is 2.48. The van der Waals surface area contributed by atoms with Gasteiger partial charge in [-0.1, -0.05) is 35.9 Å². The van der Waals surface area contributed by atoms with Crippen LogP contribution in [0.5, 0.6) is 5.75 Å². The molecule has 0 saturated carbocycles. The van der Waals surface area contributed by atoms with E-state index in [0.29, 0.717) is 18.5 Å². The van der Waals surface area contributed by atoms with Gasteiger partial charge >= 0.3 is 5.97 Å². The van der Waals surface area contributed by atoms with Gasteiger partial charge in [0.05, 0.1) is 23.4 Å². The molecule has 7 nitrogen and oxygen atoms in total. The molecule has 2 fully saturated rings. The van der Waals surface area contributed by atoms with E-state index in [0.717, 1.165) is 22.4 Å². The first kappa shape index (κ1) is 23.0. The van der Waals surface area contributed by atoms with Gasteiger partial charge in [-0.05, 0) is 56.9 Å². The fraction of sp³-hybridized carbons (Fsp3) is 0.357. The summed E-state index contributed by atoms with van der Waals surface area (Å²) in [5.74, 6) is -2.06. The molecule has 0 N–H and O–H groups in total. The molecular weight excluding hydrogens is 444 g/mol. The molecule has 0 radical (unpaired) electrons. The highest BCUT2D eigenvalue weighted by atomic mass is 16.5. The normalized spacial score (nSPS) is 24.0. The van der Waals surface area contributed by atoms with Gasteiger partial charge in [0.2, 0.25) is 17.7 Å². The number of aryl methyl sites for hydroxylation is 2. The van der Waals surface area contributed by atoms with Gasteiger partial charge in [-0.15, -0.1) is 0 Å². The molecule has 2 saturated heterocycles. The summed E-state index contributed by atoms with van der Waals surface area (Å²) in [5, 5.41) is 0. The third-order valence-electron chi connectivity index (χ3n) is 7.29. The monoisotopic (exact) mass is 472 g/mol. The maximum atomic E-state index is 13.0. The van der Waals surface area contributed by atoms with E-state index in [1.165, 1.54) is 4.90 Å². The van der Waals surface area contributed by atoms with Gasteiger partial charge in [-0.2, -0.15) is 0 Å². The lowest BCUT2D eigenvalue weighted by atomic mass is 9.82. The summed E-state index contributed by atoms with van der Waals surface area (Å²) < 4.78 is 5.62. The number of amides is 3. The molecule has 35 heavy (non-hydrogen) atoms. The summed E-state index contributed by atoms with van der Waals surface area (Å²) in [6.45, 7) is 6.12. The molecule has 2 aromatic carbocycles. The minimum atomic E-state index is -0.600. The number of imide groups is 1. The number of para-hydroxylation sites is 1. The Morgan fingerprint density at radius 1 is 0.914 bits per heavy atom. The maximum Gasteiger partial charge on any atom is 0.316 e. The number of benzene rings is 2. The van der Waals surface area contributed by atoms with E-state index in [-0.39, 0.29) is 48.3 Å². The molecule has 2 heterocycles. The van der Waals surface area contributed by atoms with Crippen LogP contribution in [0.3, 0.4) is 0 Å². The first-order chi connectivity index (χ1) is 16.7. The quantitative estimate of drug-likeness (QED) is 0.289. The predicted octanol–water partition coefficient (Wildman–Crippen LogP) is 4.11. The van der Waals surface area contributed by atoms with Crippen molar-refractivity contribution in [3.05, 3.63) is 65.2 Å². The van der Waals surface area contributed by atoms with Gasteiger partial charge in [-0.25, -0.2) is 4.90 Å². The van der Waals surface area contributed by atoms with E-state index in [1.807, 2.05) is 45.0 Å². The summed E-state index contributed by atoms with van der Waals surface area (Å²) in [5.41, 5.74) is 4.32. The van der Waals surface area contributed by atoms with Crippen LogP contribution < -0.4 is 14.5 Å². The van der Waals surface area contributed by atoms with Crippen LogP contribution >= 0.6 is 0 Å². The second-order valence-corrected chi connectivity index (χ2v) is 9.78. The number of ether oxygens (including phenoxy) is 1. The average Bonchev–Trinajstić information content (AvgIpc) is 3.31. The van der Waals surface area contributed by atoms with Crippen LogP contribution in [0.25, 0.3) is 0 Å². The highest BCUT2D eigenvalue weighted by Crippen LogP contribution is 2.40. The number of allylic oxidation sites excluding steroid dienone is 2. The molecule has 180 valence electrons. The van der Waals surface area contributed by atoms with Crippen molar-refractivity contribution in [1.29, 1.82) is 0 Å². The van der Waals surface area contributed by atoms with E-state index in [1.54, 1.807) is 29.2 Å². The number of carbonyl (C=O) groups excluding carboxylic acids is 4. The van der Waals surface area contributed by atoms with Gasteiger partial charge in [-0.3, -0.25) is 19.2 Å². The van der Waals surface area contributed by atoms with Crippen molar-refractivity contribution in [2.24, 2.45) is 17.8 Å². The van der Waals surface area contributed by atoms with E-state index in [2.05, 4.69) is 0 Å². The standard InChI is InChI=1S/C28H28N2O5/c1-16-10-11-22-23(12-16)27(33)30(26(22)32)20-8-5-9-21(14-20)35-28(34)19-13-24(31)29(15-19)25-17(2)6-4-7-18(25)3/h4-10,14,19,22-23H,11-13,15H2,1-3H3/t19-,22+,23+/m1/s1. The van der Waals surface area contributed by atoms with Crippen molar-refractivity contribution in [3.63, 3.8) is 0 Å². The number of fused-ring (bicyclic) bond motifs is 1. The number of anilines is 2. The molecule has 0 bridgehead atoms. The second-order valence-electron chi connectivity index (χ2n) is 9.78. The van der Waals surface area contributed by atoms with Crippen LogP contribution in [0.15, 0.2) is 54.1 Å². The third-order valence-corrected chi connectivity index (χ3v) is 7.29. The third kappa shape index (κ3) is 4.05. The minimum absolute atomic E-state index is 0.0745. The Morgan fingerprint density at radius 2 is 1.60 bits per heavy atom. The summed E-state index contributed by atoms with van der Waals surface area (Å²) >= 11 is 0. The Bertz CT molecular complexity index is 1260. The Balaban J connectivity index is 1.31. The van der Waals surface area contributed by atoms with Crippen LogP contribution in [0.1, 0.15) is 37.3 Å². The van der Waals surface area contributed by atoms with Crippen molar-refractivity contribution in [2.45, 2.75) is 40.0 Å². The van der Waals surface area contributed by atoms with E-state index in [9.17, 15) is 19.2 Å². The van der Waals surface area contributed by atoms with Crippen molar-refractivity contribution < 1.29 is 23.9 Å². The zero-order chi connectivity index (χ0) is 24.9. The molecule has 0 unspecified atom stereocenters. The molecule has 5 rings (SSSR count). The topological polar surface area (TPSA) is 84.0 Å². The van der Waals surface area contributed by atoms with Gasteiger partial charge in [0.1, 0.15) is 5.75 Å². The first-order valence-electron chi connectivity index (χ1n) is 12.0. The second kappa shape index (κ2) is 8.80. The SMILES string of the molecule is CC1=CC[C@@H]2C(=O)N(c3cccc(OC(=O)[C@@H]4CC(=O)N(c5c(C)cccc5C)C4)c3)C(=O)[C@H]2C1. The Labute approximate surface area is 204 Å². The number of carbonyl (C=O) groups is 4. The zero-order valence-corrected chi connectivity index (χ0v) is 20.1. The summed E-state index contributed by atoms with van der Waals surface area (Å²) in [4.78, 5) is 54.6. The molecule has 3 aliphatic rings. The van der Waals surface area contributed by atoms with Crippen molar-refractivity contribution in [1.82, 2.24) is 0 Å². The van der Waals surface area contributed by atoms with Gasteiger partial charge in [0.25, 0.3) is 0 Å². The van der Waals surface area contributed by atoms with Gasteiger partial charge in [0.15, 0.2) is 0 Å². The average molecular weight is 473 g/mol. The molecule has 7 heteroatoms. The van der Waals surface area contributed by atoms with Crippen molar-refractivity contribution in [2.75, 3.05) is 16.3 Å². The minimum Gasteiger partial charge on any atom is -0.426 e. The lowest BCUT2D eigenvalue weighted by Crippen LogP contribution is -2.31. The summed E-state index contributed by atoms with van der Waals surface area (Å²) in [6, 6.07) is 12.3. The molecule has 3 atom stereocenters. The highest BCUT2D eigenvalue weighted by molar-refractivity contribution is 6.22. The van der Waals surface area contributed by atoms with Gasteiger partial charge < -0.3 is 9.64 Å². The van der Waals surface area contributed by atoms with Crippen LogP contribution in [-0.2, 0) is 19.2 Å². The zero-order valence-electron chi connectivity index (χ0n) is 20.1. The van der Waals surface area contributed by atoms with Crippen LogP contribution in [0.4, 0.5) is 11.4 Å². The van der Waals surface area contributed by atoms with Crippen molar-refractivity contribution >= 4 is 35.1 Å². The number of hydrogen-bond acceptors (Lipinski definition) is 5.